The van der Waals surface area contributed by atoms with E-state index < -0.39 is 0 Å². The van der Waals surface area contributed by atoms with E-state index in [1.807, 2.05) is 23.6 Å². The van der Waals surface area contributed by atoms with Gasteiger partial charge in [0.15, 0.2) is 0 Å². The van der Waals surface area contributed by atoms with Crippen molar-refractivity contribution in [3.8, 4) is 0 Å². The Labute approximate surface area is 199 Å². The molecule has 0 radical (unpaired) electrons. The van der Waals surface area contributed by atoms with Gasteiger partial charge in [0, 0.05) is 5.69 Å². The smallest absolute Gasteiger partial charge is 0.140 e. The van der Waals surface area contributed by atoms with Crippen LogP contribution < -0.4 is 10.6 Å². The van der Waals surface area contributed by atoms with Gasteiger partial charge in [-0.15, -0.1) is 45.3 Å². The van der Waals surface area contributed by atoms with E-state index in [1.165, 1.54) is 24.0 Å². The highest BCUT2D eigenvalue weighted by atomic mass is 79.9. The molecule has 0 unspecified atom stereocenters. The molecule has 1 heterocycles. The minimum Gasteiger partial charge on any atom is -0.340 e. The second-order valence-corrected chi connectivity index (χ2v) is 7.57. The highest BCUT2D eigenvalue weighted by molar-refractivity contribution is 8.93. The maximum atomic E-state index is 8.14. The molecule has 0 aliphatic rings. The molecule has 0 saturated heterocycles. The van der Waals surface area contributed by atoms with Gasteiger partial charge in [-0.1, -0.05) is 48.5 Å². The Morgan fingerprint density at radius 2 is 1.59 bits per heavy atom. The van der Waals surface area contributed by atoms with Crippen molar-refractivity contribution < 1.29 is 0 Å². The molecule has 0 aliphatic carbocycles. The van der Waals surface area contributed by atoms with Crippen LogP contribution in [0.15, 0.2) is 72.1 Å². The fraction of sp³-hybridized carbons (Fsp3) is 0.261. The monoisotopic (exact) mass is 537 g/mol. The minimum absolute atomic E-state index is 0. The molecule has 29 heavy (non-hydrogen) atoms. The third-order valence-corrected chi connectivity index (χ3v) is 5.35. The third kappa shape index (κ3) is 9.26. The molecule has 6 heteroatoms. The van der Waals surface area contributed by atoms with Crippen molar-refractivity contribution >= 4 is 56.8 Å². The Morgan fingerprint density at radius 1 is 0.793 bits per heavy atom. The van der Waals surface area contributed by atoms with E-state index in [0.717, 1.165) is 36.5 Å². The number of hydrogen-bond donors (Lipinski definition) is 3. The first-order valence-corrected chi connectivity index (χ1v) is 10.4. The van der Waals surface area contributed by atoms with Gasteiger partial charge in [0.25, 0.3) is 0 Å². The van der Waals surface area contributed by atoms with Crippen LogP contribution in [0, 0.1) is 5.41 Å². The molecule has 0 fully saturated rings. The summed E-state index contributed by atoms with van der Waals surface area (Å²) < 4.78 is 0. The van der Waals surface area contributed by atoms with Crippen molar-refractivity contribution in [1.29, 1.82) is 5.41 Å². The Balaban J connectivity index is 0.00000210. The van der Waals surface area contributed by atoms with Gasteiger partial charge in [-0.2, -0.15) is 0 Å². The fourth-order valence-corrected chi connectivity index (χ4v) is 3.64. The van der Waals surface area contributed by atoms with E-state index in [-0.39, 0.29) is 34.0 Å². The van der Waals surface area contributed by atoms with Gasteiger partial charge in [0.2, 0.25) is 0 Å². The van der Waals surface area contributed by atoms with E-state index in [2.05, 4.69) is 59.2 Å². The molecule has 156 valence electrons. The summed E-state index contributed by atoms with van der Waals surface area (Å²) in [6.45, 7) is 2.05. The van der Waals surface area contributed by atoms with Gasteiger partial charge in [-0.05, 0) is 73.5 Å². The number of thiophene rings is 1. The molecule has 3 N–H and O–H groups in total. The van der Waals surface area contributed by atoms with Crippen molar-refractivity contribution in [1.82, 2.24) is 5.32 Å². The first kappa shape index (κ1) is 25.6. The number of nitrogens with one attached hydrogen (secondary N) is 3. The summed E-state index contributed by atoms with van der Waals surface area (Å²) in [5.41, 5.74) is 3.69. The zero-order valence-electron chi connectivity index (χ0n) is 16.4. The molecular weight excluding hydrogens is 510 g/mol. The summed E-state index contributed by atoms with van der Waals surface area (Å²) in [4.78, 5) is 0.956. The summed E-state index contributed by atoms with van der Waals surface area (Å²) in [5, 5.41) is 16.9. The summed E-state index contributed by atoms with van der Waals surface area (Å²) in [5.74, 6) is 0.457. The molecule has 0 amide bonds. The highest BCUT2D eigenvalue weighted by Gasteiger charge is 2.03. The van der Waals surface area contributed by atoms with Gasteiger partial charge in [0.1, 0.15) is 5.84 Å². The van der Waals surface area contributed by atoms with E-state index in [9.17, 15) is 0 Å². The standard InChI is InChI=1S/C23H27N3S.2BrH/c24-23(22-13-7-17-27-22)26-21-12-6-11-20(18-21)14-16-25-15-5-4-10-19-8-2-1-3-9-19;;/h1-3,6-9,11-13,17-18,25H,4-5,10,14-16H2,(H2,24,26);2*1H. The van der Waals surface area contributed by atoms with Crippen molar-refractivity contribution in [3.63, 3.8) is 0 Å². The molecule has 0 bridgehead atoms. The summed E-state index contributed by atoms with van der Waals surface area (Å²) >= 11 is 1.58. The van der Waals surface area contributed by atoms with E-state index in [1.54, 1.807) is 11.3 Å². The quantitative estimate of drug-likeness (QED) is 0.157. The van der Waals surface area contributed by atoms with Crippen molar-refractivity contribution in [2.45, 2.75) is 25.7 Å². The number of unbranched alkanes of at least 4 members (excludes halogenated alkanes) is 1. The van der Waals surface area contributed by atoms with Crippen LogP contribution in [0.5, 0.6) is 0 Å². The summed E-state index contributed by atoms with van der Waals surface area (Å²) in [7, 11) is 0. The molecule has 3 nitrogen and oxygen atoms in total. The average Bonchev–Trinajstić information content (AvgIpc) is 3.23. The number of aryl methyl sites for hydroxylation is 1. The van der Waals surface area contributed by atoms with E-state index in [4.69, 9.17) is 5.41 Å². The van der Waals surface area contributed by atoms with Crippen LogP contribution in [0.1, 0.15) is 28.8 Å². The first-order valence-electron chi connectivity index (χ1n) is 9.54. The Morgan fingerprint density at radius 3 is 2.34 bits per heavy atom. The van der Waals surface area contributed by atoms with Gasteiger partial charge in [0.05, 0.1) is 4.88 Å². The average molecular weight is 539 g/mol. The van der Waals surface area contributed by atoms with Crippen LogP contribution in [-0.4, -0.2) is 18.9 Å². The minimum atomic E-state index is 0. The number of halogens is 2. The molecule has 3 aromatic rings. The van der Waals surface area contributed by atoms with Crippen molar-refractivity contribution in [3.05, 3.63) is 88.1 Å². The zero-order valence-corrected chi connectivity index (χ0v) is 20.6. The van der Waals surface area contributed by atoms with Crippen LogP contribution in [0.3, 0.4) is 0 Å². The van der Waals surface area contributed by atoms with Crippen LogP contribution in [0.4, 0.5) is 5.69 Å². The lowest BCUT2D eigenvalue weighted by molar-refractivity contribution is 0.622. The predicted molar refractivity (Wildman–Crippen MR) is 138 cm³/mol. The fourth-order valence-electron chi connectivity index (χ4n) is 3.01. The number of amidine groups is 1. The molecule has 0 spiro atoms. The van der Waals surface area contributed by atoms with E-state index in [0.29, 0.717) is 5.84 Å². The van der Waals surface area contributed by atoms with Gasteiger partial charge >= 0.3 is 0 Å². The van der Waals surface area contributed by atoms with Crippen molar-refractivity contribution in [2.75, 3.05) is 18.4 Å². The second-order valence-electron chi connectivity index (χ2n) is 6.62. The molecule has 0 atom stereocenters. The van der Waals surface area contributed by atoms with Crippen LogP contribution in [0.2, 0.25) is 0 Å². The topological polar surface area (TPSA) is 47.9 Å². The molecule has 0 aliphatic heterocycles. The lowest BCUT2D eigenvalue weighted by Crippen LogP contribution is -2.18. The van der Waals surface area contributed by atoms with E-state index >= 15 is 0 Å². The molecule has 1 aromatic heterocycles. The lowest BCUT2D eigenvalue weighted by Gasteiger charge is -2.09. The SMILES string of the molecule is Br.Br.N=C(Nc1cccc(CCNCCCCc2ccccc2)c1)c1cccs1. The summed E-state index contributed by atoms with van der Waals surface area (Å²) in [6.07, 6.45) is 4.59. The lowest BCUT2D eigenvalue weighted by atomic mass is 10.1. The Hall–Kier alpha value is -1.47. The molecular formula is C23H29Br2N3S. The molecule has 3 rings (SSSR count). The number of hydrogen-bond acceptors (Lipinski definition) is 3. The van der Waals surface area contributed by atoms with Gasteiger partial charge < -0.3 is 10.6 Å². The maximum absolute atomic E-state index is 8.14. The number of anilines is 1. The molecule has 2 aromatic carbocycles. The first-order chi connectivity index (χ1) is 13.3. The number of rotatable bonds is 10. The molecule has 0 saturated carbocycles. The number of benzene rings is 2. The van der Waals surface area contributed by atoms with Crippen molar-refractivity contribution in [2.24, 2.45) is 0 Å². The normalized spacial score (nSPS) is 9.93. The second kappa shape index (κ2) is 14.5. The third-order valence-electron chi connectivity index (χ3n) is 4.47. The van der Waals surface area contributed by atoms with Gasteiger partial charge in [-0.3, -0.25) is 5.41 Å². The largest absolute Gasteiger partial charge is 0.340 e. The predicted octanol–water partition coefficient (Wildman–Crippen LogP) is 6.50. The zero-order chi connectivity index (χ0) is 18.7. The Bertz CT molecular complexity index is 823. The van der Waals surface area contributed by atoms with Crippen LogP contribution in [-0.2, 0) is 12.8 Å². The summed E-state index contributed by atoms with van der Waals surface area (Å²) in [6, 6.07) is 23.0. The van der Waals surface area contributed by atoms with Crippen LogP contribution >= 0.6 is 45.3 Å². The highest BCUT2D eigenvalue weighted by Crippen LogP contribution is 2.15. The maximum Gasteiger partial charge on any atom is 0.140 e. The van der Waals surface area contributed by atoms with Gasteiger partial charge in [-0.25, -0.2) is 0 Å². The Kier molecular flexibility index (Phi) is 12.8. The van der Waals surface area contributed by atoms with Crippen LogP contribution in [0.25, 0.3) is 0 Å².